The predicted octanol–water partition coefficient (Wildman–Crippen LogP) is 2.94. The molecule has 1 N–H and O–H groups in total. The zero-order chi connectivity index (χ0) is 13.4. The molecule has 1 aromatic carbocycles. The molecule has 0 aromatic heterocycles. The van der Waals surface area contributed by atoms with E-state index in [1.54, 1.807) is 6.07 Å². The van der Waals surface area contributed by atoms with Gasteiger partial charge in [0.05, 0.1) is 0 Å². The zero-order valence-corrected chi connectivity index (χ0v) is 11.4. The van der Waals surface area contributed by atoms with Gasteiger partial charge in [0.2, 0.25) is 0 Å². The van der Waals surface area contributed by atoms with E-state index in [-0.39, 0.29) is 5.82 Å². The van der Waals surface area contributed by atoms with E-state index in [1.165, 1.54) is 0 Å². The number of likely N-dealkylation sites (N-methyl/N-ethyl adjacent to an activating group) is 1. The molecule has 2 nitrogen and oxygen atoms in total. The van der Waals surface area contributed by atoms with Crippen LogP contribution in [0.15, 0.2) is 30.9 Å². The third-order valence-corrected chi connectivity index (χ3v) is 2.75. The minimum atomic E-state index is -0.134. The molecular weight excluding hydrogens is 227 g/mol. The Bertz CT molecular complexity index is 377. The van der Waals surface area contributed by atoms with Crippen molar-refractivity contribution in [3.05, 3.63) is 47.8 Å². The smallest absolute Gasteiger partial charge is 0.127 e. The average molecular weight is 250 g/mol. The van der Waals surface area contributed by atoms with E-state index >= 15 is 0 Å². The molecule has 0 saturated heterocycles. The van der Waals surface area contributed by atoms with Crippen molar-refractivity contribution in [2.24, 2.45) is 0 Å². The Hall–Kier alpha value is -1.19. The first-order valence-electron chi connectivity index (χ1n) is 6.44. The summed E-state index contributed by atoms with van der Waals surface area (Å²) >= 11 is 0. The molecular formula is C15H23FN2. The quantitative estimate of drug-likeness (QED) is 0.563. The van der Waals surface area contributed by atoms with E-state index in [0.717, 1.165) is 37.2 Å². The summed E-state index contributed by atoms with van der Waals surface area (Å²) in [6.07, 6.45) is 2.93. The van der Waals surface area contributed by atoms with Crippen LogP contribution in [0.25, 0.3) is 0 Å². The Balaban J connectivity index is 2.65. The number of hydrogen-bond donors (Lipinski definition) is 1. The van der Waals surface area contributed by atoms with Crippen molar-refractivity contribution in [2.75, 3.05) is 20.1 Å². The third kappa shape index (κ3) is 4.98. The van der Waals surface area contributed by atoms with Crippen molar-refractivity contribution >= 4 is 0 Å². The van der Waals surface area contributed by atoms with Crippen LogP contribution in [-0.2, 0) is 13.1 Å². The van der Waals surface area contributed by atoms with Gasteiger partial charge in [-0.15, -0.1) is 6.58 Å². The first-order valence-corrected chi connectivity index (χ1v) is 6.44. The molecule has 1 aromatic rings. The molecule has 0 atom stereocenters. The standard InChI is InChI=1S/C15H23FN2/c1-4-8-17-11-13-6-7-15(16)14(10-13)12-18(3)9-5-2/h5-7,10,17H,2,4,8-9,11-12H2,1,3H3. The van der Waals surface area contributed by atoms with Crippen LogP contribution < -0.4 is 5.32 Å². The number of halogens is 1. The van der Waals surface area contributed by atoms with Gasteiger partial charge < -0.3 is 5.32 Å². The van der Waals surface area contributed by atoms with Crippen molar-refractivity contribution in [3.63, 3.8) is 0 Å². The minimum Gasteiger partial charge on any atom is -0.313 e. The van der Waals surface area contributed by atoms with Gasteiger partial charge in [0.15, 0.2) is 0 Å². The maximum atomic E-state index is 13.7. The monoisotopic (exact) mass is 250 g/mol. The van der Waals surface area contributed by atoms with Crippen molar-refractivity contribution in [1.29, 1.82) is 0 Å². The lowest BCUT2D eigenvalue weighted by atomic mass is 10.1. The fourth-order valence-electron chi connectivity index (χ4n) is 1.84. The molecule has 0 aliphatic carbocycles. The SMILES string of the molecule is C=CCN(C)Cc1cc(CNCCC)ccc1F. The highest BCUT2D eigenvalue weighted by Gasteiger charge is 2.06. The van der Waals surface area contributed by atoms with Gasteiger partial charge in [0, 0.05) is 25.2 Å². The normalized spacial score (nSPS) is 10.9. The highest BCUT2D eigenvalue weighted by atomic mass is 19.1. The second kappa shape index (κ2) is 8.01. The fourth-order valence-corrected chi connectivity index (χ4v) is 1.84. The van der Waals surface area contributed by atoms with Crippen LogP contribution in [0.3, 0.4) is 0 Å². The lowest BCUT2D eigenvalue weighted by molar-refractivity contribution is 0.356. The van der Waals surface area contributed by atoms with Crippen molar-refractivity contribution < 1.29 is 4.39 Å². The van der Waals surface area contributed by atoms with Crippen LogP contribution in [0.4, 0.5) is 4.39 Å². The molecule has 100 valence electrons. The van der Waals surface area contributed by atoms with Gasteiger partial charge in [0.25, 0.3) is 0 Å². The second-order valence-corrected chi connectivity index (χ2v) is 4.59. The Morgan fingerprint density at radius 3 is 2.89 bits per heavy atom. The highest BCUT2D eigenvalue weighted by Crippen LogP contribution is 2.12. The number of rotatable bonds is 8. The van der Waals surface area contributed by atoms with E-state index in [0.29, 0.717) is 6.54 Å². The van der Waals surface area contributed by atoms with Crippen LogP contribution in [-0.4, -0.2) is 25.0 Å². The van der Waals surface area contributed by atoms with Gasteiger partial charge in [0.1, 0.15) is 5.82 Å². The average Bonchev–Trinajstić information content (AvgIpc) is 2.34. The molecule has 0 spiro atoms. The van der Waals surface area contributed by atoms with E-state index in [2.05, 4.69) is 18.8 Å². The first-order chi connectivity index (χ1) is 8.67. The van der Waals surface area contributed by atoms with Gasteiger partial charge in [-0.25, -0.2) is 4.39 Å². The zero-order valence-electron chi connectivity index (χ0n) is 11.4. The fraction of sp³-hybridized carbons (Fsp3) is 0.467. The Kier molecular flexibility index (Phi) is 6.61. The topological polar surface area (TPSA) is 15.3 Å². The van der Waals surface area contributed by atoms with Crippen LogP contribution in [0, 0.1) is 5.82 Å². The summed E-state index contributed by atoms with van der Waals surface area (Å²) in [7, 11) is 1.96. The van der Waals surface area contributed by atoms with Gasteiger partial charge >= 0.3 is 0 Å². The maximum absolute atomic E-state index is 13.7. The molecule has 1 rings (SSSR count). The van der Waals surface area contributed by atoms with Gasteiger partial charge in [-0.1, -0.05) is 25.1 Å². The van der Waals surface area contributed by atoms with Crippen LogP contribution in [0.2, 0.25) is 0 Å². The van der Waals surface area contributed by atoms with E-state index in [4.69, 9.17) is 0 Å². The molecule has 18 heavy (non-hydrogen) atoms. The third-order valence-electron chi connectivity index (χ3n) is 2.75. The van der Waals surface area contributed by atoms with E-state index in [9.17, 15) is 4.39 Å². The molecule has 0 radical (unpaired) electrons. The highest BCUT2D eigenvalue weighted by molar-refractivity contribution is 5.25. The lowest BCUT2D eigenvalue weighted by Crippen LogP contribution is -2.19. The number of nitrogens with one attached hydrogen (secondary N) is 1. The van der Waals surface area contributed by atoms with Crippen molar-refractivity contribution in [3.8, 4) is 0 Å². The molecule has 0 aliphatic rings. The Morgan fingerprint density at radius 2 is 2.22 bits per heavy atom. The van der Waals surface area contributed by atoms with Gasteiger partial charge in [-0.3, -0.25) is 4.90 Å². The molecule has 0 heterocycles. The largest absolute Gasteiger partial charge is 0.313 e. The summed E-state index contributed by atoms with van der Waals surface area (Å²) in [6, 6.07) is 5.34. The van der Waals surface area contributed by atoms with E-state index in [1.807, 2.05) is 30.2 Å². The Morgan fingerprint density at radius 1 is 1.44 bits per heavy atom. The predicted molar refractivity (Wildman–Crippen MR) is 74.9 cm³/mol. The number of nitrogens with zero attached hydrogens (tertiary/aromatic N) is 1. The minimum absolute atomic E-state index is 0.134. The molecule has 0 amide bonds. The number of hydrogen-bond acceptors (Lipinski definition) is 2. The molecule has 0 aliphatic heterocycles. The van der Waals surface area contributed by atoms with Gasteiger partial charge in [-0.2, -0.15) is 0 Å². The van der Waals surface area contributed by atoms with Crippen LogP contribution in [0.5, 0.6) is 0 Å². The summed E-state index contributed by atoms with van der Waals surface area (Å²) in [5.74, 6) is -0.134. The summed E-state index contributed by atoms with van der Waals surface area (Å²) in [6.45, 7) is 8.98. The maximum Gasteiger partial charge on any atom is 0.127 e. The number of benzene rings is 1. The summed E-state index contributed by atoms with van der Waals surface area (Å²) in [4.78, 5) is 2.04. The molecule has 0 bridgehead atoms. The van der Waals surface area contributed by atoms with Crippen molar-refractivity contribution in [2.45, 2.75) is 26.4 Å². The van der Waals surface area contributed by atoms with Gasteiger partial charge in [-0.05, 0) is 31.6 Å². The summed E-state index contributed by atoms with van der Waals surface area (Å²) < 4.78 is 13.7. The molecule has 0 fully saturated rings. The lowest BCUT2D eigenvalue weighted by Gasteiger charge is -2.15. The van der Waals surface area contributed by atoms with Crippen LogP contribution in [0.1, 0.15) is 24.5 Å². The summed E-state index contributed by atoms with van der Waals surface area (Å²) in [5.41, 5.74) is 1.88. The molecule has 0 saturated carbocycles. The Labute approximate surface area is 110 Å². The second-order valence-electron chi connectivity index (χ2n) is 4.59. The van der Waals surface area contributed by atoms with Crippen molar-refractivity contribution in [1.82, 2.24) is 10.2 Å². The summed E-state index contributed by atoms with van der Waals surface area (Å²) in [5, 5.41) is 3.32. The first kappa shape index (κ1) is 14.9. The van der Waals surface area contributed by atoms with E-state index < -0.39 is 0 Å². The molecule has 0 unspecified atom stereocenters. The van der Waals surface area contributed by atoms with Crippen LogP contribution >= 0.6 is 0 Å². The molecule has 3 heteroatoms.